The molecule has 0 saturated carbocycles. The van der Waals surface area contributed by atoms with E-state index in [1.54, 1.807) is 0 Å². The first-order valence-electron chi connectivity index (χ1n) is 14.9. The van der Waals surface area contributed by atoms with E-state index in [9.17, 15) is 9.59 Å². The van der Waals surface area contributed by atoms with Crippen molar-refractivity contribution in [2.75, 3.05) is 49.1 Å². The van der Waals surface area contributed by atoms with E-state index in [1.807, 2.05) is 83.8 Å². The average molecular weight is 623 g/mol. The molecule has 1 N–H and O–H groups in total. The zero-order valence-corrected chi connectivity index (χ0v) is 26.3. The van der Waals surface area contributed by atoms with E-state index in [1.165, 1.54) is 11.8 Å². The lowest BCUT2D eigenvalue weighted by molar-refractivity contribution is -0.114. The molecule has 6 rings (SSSR count). The topological polar surface area (TPSA) is 55.9 Å². The minimum atomic E-state index is -0.0942. The van der Waals surface area contributed by atoms with E-state index in [0.717, 1.165) is 70.7 Å². The van der Waals surface area contributed by atoms with Crippen LogP contribution in [0.15, 0.2) is 107 Å². The number of rotatable bonds is 8. The summed E-state index contributed by atoms with van der Waals surface area (Å²) in [7, 11) is 0. The fourth-order valence-corrected chi connectivity index (χ4v) is 6.83. The number of para-hydroxylation sites is 1. The molecule has 44 heavy (non-hydrogen) atoms. The fraction of sp³-hybridized carbons (Fsp3) is 0.222. The number of fused-ring (bicyclic) bond motifs is 1. The number of hydrogen-bond acceptors (Lipinski definition) is 5. The third-order valence-corrected chi connectivity index (χ3v) is 9.46. The number of thioether (sulfide) groups is 1. The Morgan fingerprint density at radius 1 is 0.909 bits per heavy atom. The van der Waals surface area contributed by atoms with E-state index >= 15 is 0 Å². The Morgan fingerprint density at radius 2 is 1.66 bits per heavy atom. The third-order valence-electron chi connectivity index (χ3n) is 8.15. The van der Waals surface area contributed by atoms with Gasteiger partial charge in [0, 0.05) is 60.4 Å². The van der Waals surface area contributed by atoms with Crippen molar-refractivity contribution in [2.45, 2.75) is 18.4 Å². The second kappa shape index (κ2) is 13.7. The molecule has 4 aromatic rings. The molecule has 2 aliphatic heterocycles. The molecule has 2 amide bonds. The van der Waals surface area contributed by atoms with E-state index in [0.29, 0.717) is 23.6 Å². The van der Waals surface area contributed by atoms with Crippen LogP contribution >= 0.6 is 23.4 Å². The van der Waals surface area contributed by atoms with Crippen molar-refractivity contribution in [1.29, 1.82) is 0 Å². The highest BCUT2D eigenvalue weighted by molar-refractivity contribution is 8.04. The van der Waals surface area contributed by atoms with Crippen LogP contribution < -0.4 is 15.1 Å². The van der Waals surface area contributed by atoms with Crippen LogP contribution in [0.3, 0.4) is 0 Å². The van der Waals surface area contributed by atoms with Crippen molar-refractivity contribution < 1.29 is 9.59 Å². The lowest BCUT2D eigenvalue weighted by atomic mass is 10.1. The van der Waals surface area contributed by atoms with Crippen LogP contribution in [0.25, 0.3) is 6.08 Å². The standard InChI is InChI=1S/C36H35ClN4O2S/c1-26-7-2-3-8-29(26)25-41-32-11-4-5-12-33(32)44-34(36(41)43)23-27-13-15-28(16-14-27)35(42)38-17-18-39-19-21-40(22-20-39)31-10-6-9-30(37)24-31/h2-16,23-24H,17-22,25H2,1H3,(H,38,42)/b34-23+. The van der Waals surface area contributed by atoms with Gasteiger partial charge in [-0.3, -0.25) is 14.5 Å². The highest BCUT2D eigenvalue weighted by Crippen LogP contribution is 2.42. The number of carbonyl (C=O) groups is 2. The molecule has 4 aromatic carbocycles. The molecular formula is C36H35ClN4O2S. The number of piperazine rings is 1. The Hall–Kier alpha value is -4.04. The SMILES string of the molecule is Cc1ccccc1CN1C(=O)/C(=C\c2ccc(C(=O)NCCN3CCN(c4cccc(Cl)c4)CC3)cc2)Sc2ccccc21. The summed E-state index contributed by atoms with van der Waals surface area (Å²) >= 11 is 7.64. The number of anilines is 2. The molecule has 0 spiro atoms. The van der Waals surface area contributed by atoms with Gasteiger partial charge in [-0.2, -0.15) is 0 Å². The Morgan fingerprint density at radius 3 is 2.43 bits per heavy atom. The average Bonchev–Trinajstić information content (AvgIpc) is 3.04. The molecule has 0 aromatic heterocycles. The number of carbonyl (C=O) groups excluding carboxylic acids is 2. The number of nitrogens with zero attached hydrogens (tertiary/aromatic N) is 3. The van der Waals surface area contributed by atoms with Crippen LogP contribution in [0.2, 0.25) is 5.02 Å². The molecule has 2 aliphatic rings. The van der Waals surface area contributed by atoms with Gasteiger partial charge in [0.1, 0.15) is 0 Å². The van der Waals surface area contributed by atoms with Gasteiger partial charge in [-0.1, -0.05) is 78.0 Å². The summed E-state index contributed by atoms with van der Waals surface area (Å²) in [5.74, 6) is -0.115. The second-order valence-electron chi connectivity index (χ2n) is 11.1. The molecule has 0 aliphatic carbocycles. The van der Waals surface area contributed by atoms with Crippen molar-refractivity contribution in [3.05, 3.63) is 129 Å². The molecule has 1 saturated heterocycles. The molecule has 0 bridgehead atoms. The normalized spacial score (nSPS) is 16.2. The minimum absolute atomic E-state index is 0.0211. The molecule has 0 atom stereocenters. The van der Waals surface area contributed by atoms with Gasteiger partial charge in [0.2, 0.25) is 0 Å². The summed E-state index contributed by atoms with van der Waals surface area (Å²) in [5.41, 5.74) is 5.85. The monoisotopic (exact) mass is 622 g/mol. The Labute approximate surface area is 268 Å². The van der Waals surface area contributed by atoms with Crippen molar-refractivity contribution in [3.63, 3.8) is 0 Å². The van der Waals surface area contributed by atoms with E-state index in [-0.39, 0.29) is 11.8 Å². The van der Waals surface area contributed by atoms with Crippen molar-refractivity contribution in [2.24, 2.45) is 0 Å². The van der Waals surface area contributed by atoms with Crippen LogP contribution in [-0.4, -0.2) is 56.0 Å². The van der Waals surface area contributed by atoms with Gasteiger partial charge >= 0.3 is 0 Å². The summed E-state index contributed by atoms with van der Waals surface area (Å²) in [4.78, 5) is 34.8. The summed E-state index contributed by atoms with van der Waals surface area (Å²) in [6.07, 6.45) is 1.92. The van der Waals surface area contributed by atoms with Crippen LogP contribution in [0, 0.1) is 6.92 Å². The van der Waals surface area contributed by atoms with Crippen molar-refractivity contribution >= 4 is 52.6 Å². The van der Waals surface area contributed by atoms with E-state index in [2.05, 4.69) is 46.3 Å². The number of amides is 2. The van der Waals surface area contributed by atoms with Crippen LogP contribution in [0.1, 0.15) is 27.0 Å². The summed E-state index contributed by atoms with van der Waals surface area (Å²) in [6, 6.07) is 31.6. The molecule has 6 nitrogen and oxygen atoms in total. The first-order valence-corrected chi connectivity index (χ1v) is 16.1. The predicted molar refractivity (Wildman–Crippen MR) is 182 cm³/mol. The number of hydrogen-bond donors (Lipinski definition) is 1. The zero-order valence-electron chi connectivity index (χ0n) is 24.7. The smallest absolute Gasteiger partial charge is 0.265 e. The number of nitrogens with one attached hydrogen (secondary N) is 1. The summed E-state index contributed by atoms with van der Waals surface area (Å²) in [6.45, 7) is 7.72. The van der Waals surface area contributed by atoms with E-state index < -0.39 is 0 Å². The highest BCUT2D eigenvalue weighted by Gasteiger charge is 2.29. The lowest BCUT2D eigenvalue weighted by Crippen LogP contribution is -2.48. The fourth-order valence-electron chi connectivity index (χ4n) is 5.59. The molecule has 0 unspecified atom stereocenters. The molecule has 0 radical (unpaired) electrons. The first kappa shape index (κ1) is 30.0. The Balaban J connectivity index is 1.04. The van der Waals surface area contributed by atoms with Crippen molar-refractivity contribution in [1.82, 2.24) is 10.2 Å². The van der Waals surface area contributed by atoms with Gasteiger partial charge in [-0.25, -0.2) is 0 Å². The number of benzene rings is 4. The second-order valence-corrected chi connectivity index (χ2v) is 12.6. The number of aryl methyl sites for hydroxylation is 1. The summed E-state index contributed by atoms with van der Waals surface area (Å²) < 4.78 is 0. The van der Waals surface area contributed by atoms with Gasteiger partial charge < -0.3 is 15.1 Å². The van der Waals surface area contributed by atoms with Gasteiger partial charge in [0.15, 0.2) is 0 Å². The number of halogens is 1. The Bertz CT molecular complexity index is 1680. The van der Waals surface area contributed by atoms with Gasteiger partial charge in [-0.05, 0) is 72.2 Å². The van der Waals surface area contributed by atoms with Crippen LogP contribution in [0.5, 0.6) is 0 Å². The Kier molecular flexibility index (Phi) is 9.36. The first-order chi connectivity index (χ1) is 21.4. The molecule has 1 fully saturated rings. The molecule has 2 heterocycles. The minimum Gasteiger partial charge on any atom is -0.369 e. The molecular weight excluding hydrogens is 588 g/mol. The van der Waals surface area contributed by atoms with Gasteiger partial charge in [0.25, 0.3) is 11.8 Å². The lowest BCUT2D eigenvalue weighted by Gasteiger charge is -2.36. The third kappa shape index (κ3) is 7.02. The maximum Gasteiger partial charge on any atom is 0.265 e. The molecule has 224 valence electrons. The van der Waals surface area contributed by atoms with Gasteiger partial charge in [0.05, 0.1) is 17.1 Å². The van der Waals surface area contributed by atoms with E-state index in [4.69, 9.17) is 11.6 Å². The van der Waals surface area contributed by atoms with Crippen LogP contribution in [0.4, 0.5) is 11.4 Å². The van der Waals surface area contributed by atoms with Crippen LogP contribution in [-0.2, 0) is 11.3 Å². The highest BCUT2D eigenvalue weighted by atomic mass is 35.5. The largest absolute Gasteiger partial charge is 0.369 e. The quantitative estimate of drug-likeness (QED) is 0.217. The maximum absolute atomic E-state index is 13.7. The maximum atomic E-state index is 13.7. The summed E-state index contributed by atoms with van der Waals surface area (Å²) in [5, 5.41) is 3.81. The van der Waals surface area contributed by atoms with Gasteiger partial charge in [-0.15, -0.1) is 0 Å². The zero-order chi connectivity index (χ0) is 30.5. The predicted octanol–water partition coefficient (Wildman–Crippen LogP) is 6.88. The molecule has 8 heteroatoms. The van der Waals surface area contributed by atoms with Crippen molar-refractivity contribution in [3.8, 4) is 0 Å².